The molecule has 0 saturated heterocycles. The van der Waals surface area contributed by atoms with Gasteiger partial charge in [-0.25, -0.2) is 13.6 Å². The van der Waals surface area contributed by atoms with Crippen molar-refractivity contribution in [1.29, 1.82) is 0 Å². The maximum absolute atomic E-state index is 13.8. The lowest BCUT2D eigenvalue weighted by Gasteiger charge is -2.12. The lowest BCUT2D eigenvalue weighted by Crippen LogP contribution is -2.06. The van der Waals surface area contributed by atoms with Gasteiger partial charge in [-0.15, -0.1) is 0 Å². The van der Waals surface area contributed by atoms with E-state index in [-0.39, 0.29) is 11.3 Å². The lowest BCUT2D eigenvalue weighted by molar-refractivity contribution is 0.0654. The van der Waals surface area contributed by atoms with Crippen LogP contribution < -0.4 is 0 Å². The first-order valence-corrected chi connectivity index (χ1v) is 5.37. The van der Waals surface area contributed by atoms with Crippen molar-refractivity contribution in [2.24, 2.45) is 0 Å². The number of aliphatic hydroxyl groups is 1. The van der Waals surface area contributed by atoms with Gasteiger partial charge in [-0.2, -0.15) is 0 Å². The van der Waals surface area contributed by atoms with E-state index in [1.165, 1.54) is 13.0 Å². The topological polar surface area (TPSA) is 70.7 Å². The summed E-state index contributed by atoms with van der Waals surface area (Å²) in [6.45, 7) is 1.43. The Bertz CT molecular complexity index is 634. The molecule has 0 saturated carbocycles. The molecule has 1 heterocycles. The zero-order valence-electron chi connectivity index (χ0n) is 9.85. The number of aromatic carboxylic acids is 1. The summed E-state index contributed by atoms with van der Waals surface area (Å²) in [5.74, 6) is -3.79. The number of halogens is 2. The van der Waals surface area contributed by atoms with Crippen molar-refractivity contribution >= 4 is 5.97 Å². The highest BCUT2D eigenvalue weighted by Crippen LogP contribution is 2.29. The number of hydrogen-bond donors (Lipinski definition) is 2. The second kappa shape index (κ2) is 4.81. The van der Waals surface area contributed by atoms with Gasteiger partial charge in [-0.3, -0.25) is 0 Å². The first-order chi connectivity index (χ1) is 8.91. The van der Waals surface area contributed by atoms with Gasteiger partial charge in [0.15, 0.2) is 0 Å². The SMILES string of the molecule is Cc1ccc(F)c(C(O)c2ccc(C(=O)O)o2)c1F. The Morgan fingerprint density at radius 3 is 2.53 bits per heavy atom. The number of furan rings is 1. The first-order valence-electron chi connectivity index (χ1n) is 5.37. The van der Waals surface area contributed by atoms with Crippen LogP contribution in [0, 0.1) is 18.6 Å². The van der Waals surface area contributed by atoms with E-state index in [0.717, 1.165) is 18.2 Å². The molecular formula is C13H10F2O4. The summed E-state index contributed by atoms with van der Waals surface area (Å²) in [6, 6.07) is 4.53. The summed E-state index contributed by atoms with van der Waals surface area (Å²) in [6.07, 6.45) is -1.70. The van der Waals surface area contributed by atoms with E-state index in [1.54, 1.807) is 0 Å². The molecule has 1 unspecified atom stereocenters. The van der Waals surface area contributed by atoms with Crippen molar-refractivity contribution < 1.29 is 28.2 Å². The molecule has 1 aromatic heterocycles. The first kappa shape index (κ1) is 13.2. The fourth-order valence-electron chi connectivity index (χ4n) is 1.69. The molecule has 0 fully saturated rings. The maximum atomic E-state index is 13.8. The van der Waals surface area contributed by atoms with Gasteiger partial charge in [-0.1, -0.05) is 6.07 Å². The predicted molar refractivity (Wildman–Crippen MR) is 60.8 cm³/mol. The molecule has 0 aliphatic carbocycles. The van der Waals surface area contributed by atoms with Crippen LogP contribution in [-0.4, -0.2) is 16.2 Å². The number of hydrogen-bond acceptors (Lipinski definition) is 3. The van der Waals surface area contributed by atoms with Crippen LogP contribution in [0.15, 0.2) is 28.7 Å². The van der Waals surface area contributed by atoms with E-state index in [9.17, 15) is 18.7 Å². The molecule has 0 aliphatic rings. The third-order valence-corrected chi connectivity index (χ3v) is 2.70. The van der Waals surface area contributed by atoms with Crippen molar-refractivity contribution in [3.63, 3.8) is 0 Å². The second-order valence-corrected chi connectivity index (χ2v) is 4.00. The Kier molecular flexibility index (Phi) is 3.35. The van der Waals surface area contributed by atoms with Gasteiger partial charge in [0.25, 0.3) is 0 Å². The van der Waals surface area contributed by atoms with E-state index in [1.807, 2.05) is 0 Å². The van der Waals surface area contributed by atoms with E-state index in [2.05, 4.69) is 0 Å². The molecule has 0 amide bonds. The Hall–Kier alpha value is -2.21. The van der Waals surface area contributed by atoms with Gasteiger partial charge in [0.1, 0.15) is 23.5 Å². The Labute approximate surface area is 106 Å². The summed E-state index contributed by atoms with van der Waals surface area (Å²) in [7, 11) is 0. The Morgan fingerprint density at radius 2 is 1.95 bits per heavy atom. The van der Waals surface area contributed by atoms with Crippen molar-refractivity contribution in [2.75, 3.05) is 0 Å². The second-order valence-electron chi connectivity index (χ2n) is 4.00. The number of carboxylic acids is 1. The van der Waals surface area contributed by atoms with Crippen LogP contribution in [0.3, 0.4) is 0 Å². The zero-order chi connectivity index (χ0) is 14.2. The minimum Gasteiger partial charge on any atom is -0.475 e. The fourth-order valence-corrected chi connectivity index (χ4v) is 1.69. The molecular weight excluding hydrogens is 258 g/mol. The van der Waals surface area contributed by atoms with Crippen molar-refractivity contribution in [1.82, 2.24) is 0 Å². The van der Waals surface area contributed by atoms with Gasteiger partial charge in [0, 0.05) is 0 Å². The average molecular weight is 268 g/mol. The predicted octanol–water partition coefficient (Wildman–Crippen LogP) is 2.65. The largest absolute Gasteiger partial charge is 0.475 e. The van der Waals surface area contributed by atoms with Gasteiger partial charge in [0.05, 0.1) is 5.56 Å². The van der Waals surface area contributed by atoms with E-state index in [0.29, 0.717) is 0 Å². The molecule has 0 bridgehead atoms. The number of rotatable bonds is 3. The lowest BCUT2D eigenvalue weighted by atomic mass is 10.0. The molecule has 2 N–H and O–H groups in total. The Balaban J connectivity index is 2.46. The third-order valence-electron chi connectivity index (χ3n) is 2.70. The standard InChI is InChI=1S/C13H10F2O4/c1-6-2-3-7(14)10(11(6)15)12(16)8-4-5-9(19-8)13(17)18/h2-5,12,16H,1H3,(H,17,18). The molecule has 2 aromatic rings. The summed E-state index contributed by atoms with van der Waals surface area (Å²) in [5, 5.41) is 18.6. The highest BCUT2D eigenvalue weighted by Gasteiger charge is 2.24. The number of carbonyl (C=O) groups is 1. The minimum absolute atomic E-state index is 0.167. The molecule has 19 heavy (non-hydrogen) atoms. The van der Waals surface area contributed by atoms with Crippen LogP contribution in [0.4, 0.5) is 8.78 Å². The normalized spacial score (nSPS) is 12.4. The molecule has 0 aliphatic heterocycles. The molecule has 0 radical (unpaired) electrons. The number of carboxylic acid groups (broad SMARTS) is 1. The highest BCUT2D eigenvalue weighted by molar-refractivity contribution is 5.84. The van der Waals surface area contributed by atoms with Crippen LogP contribution in [0.5, 0.6) is 0 Å². The zero-order valence-corrected chi connectivity index (χ0v) is 9.85. The minimum atomic E-state index is -1.70. The van der Waals surface area contributed by atoms with Crippen LogP contribution in [0.2, 0.25) is 0 Å². The van der Waals surface area contributed by atoms with E-state index < -0.39 is 35.0 Å². The van der Waals surface area contributed by atoms with Crippen LogP contribution >= 0.6 is 0 Å². The monoisotopic (exact) mass is 268 g/mol. The van der Waals surface area contributed by atoms with Crippen LogP contribution in [0.25, 0.3) is 0 Å². The molecule has 6 heteroatoms. The number of aryl methyl sites for hydroxylation is 1. The molecule has 0 spiro atoms. The maximum Gasteiger partial charge on any atom is 0.371 e. The van der Waals surface area contributed by atoms with Gasteiger partial charge in [0.2, 0.25) is 5.76 Å². The summed E-state index contributed by atoms with van der Waals surface area (Å²) < 4.78 is 32.2. The van der Waals surface area contributed by atoms with Gasteiger partial charge in [-0.05, 0) is 30.7 Å². The molecule has 2 rings (SSSR count). The van der Waals surface area contributed by atoms with Gasteiger partial charge < -0.3 is 14.6 Å². The average Bonchev–Trinajstić information content (AvgIpc) is 2.84. The smallest absolute Gasteiger partial charge is 0.371 e. The van der Waals surface area contributed by atoms with E-state index in [4.69, 9.17) is 9.52 Å². The van der Waals surface area contributed by atoms with Crippen molar-refractivity contribution in [3.05, 3.63) is 58.5 Å². The Morgan fingerprint density at radius 1 is 1.26 bits per heavy atom. The van der Waals surface area contributed by atoms with Crippen molar-refractivity contribution in [3.8, 4) is 0 Å². The molecule has 1 aromatic carbocycles. The summed E-state index contributed by atoms with van der Waals surface area (Å²) in [5.41, 5.74) is -0.397. The van der Waals surface area contributed by atoms with Crippen LogP contribution in [-0.2, 0) is 0 Å². The summed E-state index contributed by atoms with van der Waals surface area (Å²) in [4.78, 5) is 10.6. The third kappa shape index (κ3) is 2.34. The van der Waals surface area contributed by atoms with Crippen molar-refractivity contribution in [2.45, 2.75) is 13.0 Å². The highest BCUT2D eigenvalue weighted by atomic mass is 19.1. The molecule has 1 atom stereocenters. The summed E-state index contributed by atoms with van der Waals surface area (Å²) >= 11 is 0. The fraction of sp³-hybridized carbons (Fsp3) is 0.154. The number of benzene rings is 1. The van der Waals surface area contributed by atoms with Gasteiger partial charge >= 0.3 is 5.97 Å². The van der Waals surface area contributed by atoms with Crippen LogP contribution in [0.1, 0.15) is 33.5 Å². The number of aliphatic hydroxyl groups excluding tert-OH is 1. The quantitative estimate of drug-likeness (QED) is 0.897. The molecule has 100 valence electrons. The molecule has 4 nitrogen and oxygen atoms in total. The van der Waals surface area contributed by atoms with E-state index >= 15 is 0 Å².